The maximum atomic E-state index is 14.1. The molecule has 8 heteroatoms. The number of aromatic nitrogens is 2. The van der Waals surface area contributed by atoms with E-state index in [0.717, 1.165) is 0 Å². The van der Waals surface area contributed by atoms with Crippen molar-refractivity contribution in [2.75, 3.05) is 14.1 Å². The van der Waals surface area contributed by atoms with E-state index in [4.69, 9.17) is 0 Å². The van der Waals surface area contributed by atoms with Crippen LogP contribution in [-0.4, -0.2) is 45.6 Å². The van der Waals surface area contributed by atoms with Crippen molar-refractivity contribution in [3.8, 4) is 5.69 Å². The first kappa shape index (κ1) is 15.3. The third kappa shape index (κ3) is 2.14. The minimum Gasteiger partial charge on any atom is -0.335 e. The number of carbonyl (C=O) groups excluding carboxylic acids is 2. The van der Waals surface area contributed by atoms with Gasteiger partial charge in [0.15, 0.2) is 0 Å². The van der Waals surface area contributed by atoms with E-state index in [9.17, 15) is 19.2 Å². The summed E-state index contributed by atoms with van der Waals surface area (Å²) < 4.78 is 14.6. The number of hydrogen-bond donors (Lipinski definition) is 1. The molecule has 1 atom stereocenters. The fourth-order valence-corrected chi connectivity index (χ4v) is 2.64. The molecule has 1 unspecified atom stereocenters. The first-order valence-electron chi connectivity index (χ1n) is 6.96. The first-order valence-corrected chi connectivity index (χ1v) is 6.96. The van der Waals surface area contributed by atoms with Crippen molar-refractivity contribution in [3.05, 3.63) is 41.6 Å². The van der Waals surface area contributed by atoms with E-state index in [0.29, 0.717) is 11.4 Å². The average Bonchev–Trinajstić information content (AvgIpc) is 2.86. The molecule has 23 heavy (non-hydrogen) atoms. The number of nitrogens with zero attached hydrogens (tertiary/aromatic N) is 4. The molecule has 1 aromatic carbocycles. The van der Waals surface area contributed by atoms with E-state index >= 15 is 0 Å². The molecule has 1 aliphatic rings. The Kier molecular flexibility index (Phi) is 3.31. The molecule has 1 aromatic heterocycles. The van der Waals surface area contributed by atoms with Gasteiger partial charge in [0.25, 0.3) is 11.7 Å². The summed E-state index contributed by atoms with van der Waals surface area (Å²) in [4.78, 5) is 29.6. The van der Waals surface area contributed by atoms with E-state index < -0.39 is 22.3 Å². The maximum Gasteiger partial charge on any atom is 0.348 e. The molecule has 0 aliphatic carbocycles. The van der Waals surface area contributed by atoms with Crippen molar-refractivity contribution in [2.24, 2.45) is 0 Å². The predicted octanol–water partition coefficient (Wildman–Crippen LogP) is 1.47. The average molecular weight is 319 g/mol. The number of hydroxylamine groups is 2. The summed E-state index contributed by atoms with van der Waals surface area (Å²) in [6, 6.07) is 4.31. The van der Waals surface area contributed by atoms with Crippen LogP contribution in [0.15, 0.2) is 24.5 Å². The van der Waals surface area contributed by atoms with Gasteiger partial charge >= 0.3 is 5.91 Å². The van der Waals surface area contributed by atoms with E-state index in [-0.39, 0.29) is 17.9 Å². The van der Waals surface area contributed by atoms with Gasteiger partial charge < -0.3 is 4.90 Å². The lowest BCUT2D eigenvalue weighted by Gasteiger charge is -2.20. The molecule has 1 aliphatic heterocycles. The highest BCUT2D eigenvalue weighted by Crippen LogP contribution is 2.32. The zero-order chi connectivity index (χ0) is 16.9. The zero-order valence-corrected chi connectivity index (χ0v) is 12.9. The van der Waals surface area contributed by atoms with Crippen molar-refractivity contribution >= 4 is 17.6 Å². The summed E-state index contributed by atoms with van der Waals surface area (Å²) in [6.07, 6.45) is 1.38. The number of halogens is 1. The highest BCUT2D eigenvalue weighted by atomic mass is 19.1. The standard InChI is InChI=1S/C15H16FN4O3/c1-9(21)20(3,23)14-12-7-18(2)15(22)13-10(16)5-4-6-11(13)19(12)8-17-14/h4-6,8,23H,7H2,1-3H3/q+1. The number of carbonyl (C=O) groups is 2. The smallest absolute Gasteiger partial charge is 0.335 e. The molecule has 120 valence electrons. The topological polar surface area (TPSA) is 75.4 Å². The number of benzene rings is 1. The van der Waals surface area contributed by atoms with Gasteiger partial charge in [-0.2, -0.15) is 4.98 Å². The van der Waals surface area contributed by atoms with Gasteiger partial charge in [-0.05, 0) is 12.1 Å². The fraction of sp³-hybridized carbons (Fsp3) is 0.267. The van der Waals surface area contributed by atoms with E-state index in [1.54, 1.807) is 6.07 Å². The molecular formula is C15H16FN4O3+. The highest BCUT2D eigenvalue weighted by molar-refractivity contribution is 5.98. The Labute approximate surface area is 131 Å². The lowest BCUT2D eigenvalue weighted by molar-refractivity contribution is -0.154. The van der Waals surface area contributed by atoms with Crippen LogP contribution >= 0.6 is 0 Å². The lowest BCUT2D eigenvalue weighted by Crippen LogP contribution is -2.47. The van der Waals surface area contributed by atoms with Crippen LogP contribution in [0.4, 0.5) is 10.2 Å². The van der Waals surface area contributed by atoms with Gasteiger partial charge in [-0.3, -0.25) is 9.36 Å². The van der Waals surface area contributed by atoms with Crippen molar-refractivity contribution < 1.29 is 19.2 Å². The number of amides is 2. The van der Waals surface area contributed by atoms with E-state index in [2.05, 4.69) is 4.98 Å². The minimum atomic E-state index is -1.05. The Morgan fingerprint density at radius 1 is 1.43 bits per heavy atom. The summed E-state index contributed by atoms with van der Waals surface area (Å²) in [5, 5.41) is 10.4. The van der Waals surface area contributed by atoms with Gasteiger partial charge in [-0.25, -0.2) is 14.4 Å². The van der Waals surface area contributed by atoms with Crippen LogP contribution in [-0.2, 0) is 11.3 Å². The second-order valence-corrected chi connectivity index (χ2v) is 5.66. The molecule has 7 nitrogen and oxygen atoms in total. The molecule has 0 saturated heterocycles. The van der Waals surface area contributed by atoms with Gasteiger partial charge in [0.1, 0.15) is 24.9 Å². The Hall–Kier alpha value is -2.58. The first-order chi connectivity index (χ1) is 10.7. The number of rotatable bonds is 1. The normalized spacial score (nSPS) is 16.4. The SMILES string of the molecule is CC(=O)[N+](C)(O)c1ncn2c1CN(C)C(=O)c1c(F)cccc1-2. The molecule has 0 fully saturated rings. The van der Waals surface area contributed by atoms with Crippen LogP contribution in [0.3, 0.4) is 0 Å². The Balaban J connectivity index is 2.31. The second kappa shape index (κ2) is 4.97. The van der Waals surface area contributed by atoms with Crippen LogP contribution < -0.4 is 4.65 Å². The molecule has 0 bridgehead atoms. The quantitative estimate of drug-likeness (QED) is 0.491. The molecule has 1 N–H and O–H groups in total. The largest absolute Gasteiger partial charge is 0.348 e. The summed E-state index contributed by atoms with van der Waals surface area (Å²) in [5.74, 6) is -1.52. The minimum absolute atomic E-state index is 0.0623. The van der Waals surface area contributed by atoms with E-state index in [1.165, 1.54) is 48.9 Å². The van der Waals surface area contributed by atoms with Crippen LogP contribution in [0.1, 0.15) is 23.0 Å². The van der Waals surface area contributed by atoms with Crippen LogP contribution in [0.25, 0.3) is 5.69 Å². The lowest BCUT2D eigenvalue weighted by atomic mass is 10.1. The number of quaternary nitrogens is 1. The maximum absolute atomic E-state index is 14.1. The number of hydrogen-bond acceptors (Lipinski definition) is 4. The number of fused-ring (bicyclic) bond motifs is 3. The van der Waals surface area contributed by atoms with Gasteiger partial charge in [-0.1, -0.05) is 10.7 Å². The summed E-state index contributed by atoms with van der Waals surface area (Å²) in [7, 11) is 2.82. The second-order valence-electron chi connectivity index (χ2n) is 5.66. The Morgan fingerprint density at radius 3 is 2.78 bits per heavy atom. The summed E-state index contributed by atoms with van der Waals surface area (Å²) in [5.41, 5.74) is 0.717. The molecular weight excluding hydrogens is 303 g/mol. The molecule has 2 aromatic rings. The van der Waals surface area contributed by atoms with Gasteiger partial charge in [-0.15, -0.1) is 0 Å². The van der Waals surface area contributed by atoms with Gasteiger partial charge in [0, 0.05) is 7.05 Å². The zero-order valence-electron chi connectivity index (χ0n) is 12.9. The monoisotopic (exact) mass is 319 g/mol. The van der Waals surface area contributed by atoms with Gasteiger partial charge in [0.05, 0.1) is 24.7 Å². The Morgan fingerprint density at radius 2 is 2.13 bits per heavy atom. The molecule has 0 spiro atoms. The van der Waals surface area contributed by atoms with Crippen molar-refractivity contribution in [3.63, 3.8) is 0 Å². The van der Waals surface area contributed by atoms with Crippen molar-refractivity contribution in [1.82, 2.24) is 19.1 Å². The third-order valence-corrected chi connectivity index (χ3v) is 4.07. The van der Waals surface area contributed by atoms with Gasteiger partial charge in [0.2, 0.25) is 0 Å². The van der Waals surface area contributed by atoms with E-state index in [1.807, 2.05) is 0 Å². The third-order valence-electron chi connectivity index (χ3n) is 4.07. The molecule has 2 amide bonds. The van der Waals surface area contributed by atoms with Crippen molar-refractivity contribution in [1.29, 1.82) is 0 Å². The van der Waals surface area contributed by atoms with Crippen LogP contribution in [0.5, 0.6) is 0 Å². The molecule has 0 radical (unpaired) electrons. The fourth-order valence-electron chi connectivity index (χ4n) is 2.64. The highest BCUT2D eigenvalue weighted by Gasteiger charge is 2.39. The Bertz CT molecular complexity index is 828. The summed E-state index contributed by atoms with van der Waals surface area (Å²) in [6.45, 7) is 1.33. The summed E-state index contributed by atoms with van der Waals surface area (Å²) >= 11 is 0. The van der Waals surface area contributed by atoms with Crippen LogP contribution in [0, 0.1) is 5.82 Å². The predicted molar refractivity (Wildman–Crippen MR) is 79.5 cm³/mol. The molecule has 0 saturated carbocycles. The molecule has 3 rings (SSSR count). The molecule has 2 heterocycles. The van der Waals surface area contributed by atoms with Crippen molar-refractivity contribution in [2.45, 2.75) is 13.5 Å². The number of imidazole rings is 1. The van der Waals surface area contributed by atoms with Crippen LogP contribution in [0.2, 0.25) is 0 Å².